The van der Waals surface area contributed by atoms with Gasteiger partial charge in [0.1, 0.15) is 35.6 Å². The van der Waals surface area contributed by atoms with Gasteiger partial charge in [-0.05, 0) is 56.3 Å². The fraction of sp³-hybridized carbons (Fsp3) is 0.448. The summed E-state index contributed by atoms with van der Waals surface area (Å²) in [6, 6.07) is 5.59. The molecule has 0 unspecified atom stereocenters. The highest BCUT2D eigenvalue weighted by molar-refractivity contribution is 7.89. The van der Waals surface area contributed by atoms with Crippen LogP contribution in [0, 0.1) is 5.82 Å². The molecule has 1 fully saturated rings. The highest BCUT2D eigenvalue weighted by atomic mass is 32.2. The van der Waals surface area contributed by atoms with Crippen molar-refractivity contribution in [3.63, 3.8) is 0 Å². The van der Waals surface area contributed by atoms with E-state index < -0.39 is 100 Å². The summed E-state index contributed by atoms with van der Waals surface area (Å²) in [6.45, 7) is 2.93. The van der Waals surface area contributed by atoms with E-state index in [1.165, 1.54) is 26.1 Å². The number of alkyl halides is 2. The molecule has 0 bridgehead atoms. The minimum Gasteiger partial charge on any atom is -0.476 e. The lowest BCUT2D eigenvalue weighted by molar-refractivity contribution is -0.284. The van der Waals surface area contributed by atoms with Crippen molar-refractivity contribution in [2.45, 2.75) is 80.3 Å². The van der Waals surface area contributed by atoms with Crippen molar-refractivity contribution >= 4 is 21.9 Å². The Morgan fingerprint density at radius 1 is 1.18 bits per heavy atom. The molecule has 2 heterocycles. The van der Waals surface area contributed by atoms with Gasteiger partial charge in [-0.2, -0.15) is 4.72 Å². The number of nitrogens with one attached hydrogen (secondary N) is 2. The van der Waals surface area contributed by atoms with E-state index in [9.17, 15) is 56.7 Å². The topological polar surface area (TPSA) is 243 Å². The predicted molar refractivity (Wildman–Crippen MR) is 159 cm³/mol. The molecule has 7 N–H and O–H groups in total. The van der Waals surface area contributed by atoms with Gasteiger partial charge in [0.25, 0.3) is 6.43 Å². The normalized spacial score (nSPS) is 22.8. The summed E-state index contributed by atoms with van der Waals surface area (Å²) in [6.07, 6.45) is -10.7. The van der Waals surface area contributed by atoms with Crippen LogP contribution in [0.1, 0.15) is 44.9 Å². The van der Waals surface area contributed by atoms with Crippen LogP contribution in [0.2, 0.25) is 0 Å². The third-order valence-corrected chi connectivity index (χ3v) is 9.27. The van der Waals surface area contributed by atoms with E-state index in [0.717, 1.165) is 48.0 Å². The Balaban J connectivity index is 1.65. The number of aromatic nitrogens is 3. The number of carboxylic acid groups (broad SMARTS) is 1. The quantitative estimate of drug-likeness (QED) is 0.124. The molecule has 1 aliphatic rings. The molecule has 1 aromatic heterocycles. The Morgan fingerprint density at radius 2 is 1.84 bits per heavy atom. The summed E-state index contributed by atoms with van der Waals surface area (Å²) < 4.78 is 82.3. The largest absolute Gasteiger partial charge is 0.476 e. The number of aliphatic carboxylic acids is 1. The predicted octanol–water partition coefficient (Wildman–Crippen LogP) is 0.0859. The molecule has 2 aromatic carbocycles. The second kappa shape index (κ2) is 14.4. The summed E-state index contributed by atoms with van der Waals surface area (Å²) in [5.41, 5.74) is -2.28. The molecule has 268 valence electrons. The van der Waals surface area contributed by atoms with Gasteiger partial charge in [0.15, 0.2) is 0 Å². The average Bonchev–Trinajstić information content (AvgIpc) is 3.53. The summed E-state index contributed by atoms with van der Waals surface area (Å²) in [5, 5.41) is 61.0. The number of benzene rings is 2. The molecule has 3 aromatic rings. The first-order valence-electron chi connectivity index (χ1n) is 14.5. The van der Waals surface area contributed by atoms with E-state index in [1.807, 2.05) is 0 Å². The van der Waals surface area contributed by atoms with Crippen LogP contribution in [-0.4, -0.2) is 104 Å². The monoisotopic (exact) mass is 717 g/mol. The Hall–Kier alpha value is -4.18. The molecule has 6 atom stereocenters. The van der Waals surface area contributed by atoms with Crippen molar-refractivity contribution in [3.8, 4) is 11.4 Å². The molecule has 49 heavy (non-hydrogen) atoms. The Labute approximate surface area is 277 Å². The average molecular weight is 718 g/mol. The minimum atomic E-state index is -4.17. The van der Waals surface area contributed by atoms with Gasteiger partial charge in [-0.1, -0.05) is 5.21 Å². The van der Waals surface area contributed by atoms with Crippen LogP contribution in [0.15, 0.2) is 53.6 Å². The summed E-state index contributed by atoms with van der Waals surface area (Å²) in [5.74, 6) is -6.95. The van der Waals surface area contributed by atoms with Crippen LogP contribution in [0.5, 0.6) is 5.75 Å². The fourth-order valence-electron chi connectivity index (χ4n) is 5.09. The van der Waals surface area contributed by atoms with E-state index in [1.54, 1.807) is 0 Å². The molecule has 16 nitrogen and oxygen atoms in total. The van der Waals surface area contributed by atoms with E-state index >= 15 is 0 Å². The minimum absolute atomic E-state index is 0.0438. The van der Waals surface area contributed by atoms with E-state index in [-0.39, 0.29) is 16.3 Å². The van der Waals surface area contributed by atoms with Gasteiger partial charge in [0, 0.05) is 6.92 Å². The van der Waals surface area contributed by atoms with Crippen LogP contribution in [0.25, 0.3) is 5.69 Å². The van der Waals surface area contributed by atoms with Crippen molar-refractivity contribution in [1.29, 1.82) is 0 Å². The number of aliphatic hydroxyl groups is 4. The van der Waals surface area contributed by atoms with Crippen LogP contribution < -0.4 is 14.8 Å². The number of carbonyl (C=O) groups excluding carboxylic acids is 1. The lowest BCUT2D eigenvalue weighted by atomic mass is 9.88. The van der Waals surface area contributed by atoms with E-state index in [0.29, 0.717) is 0 Å². The van der Waals surface area contributed by atoms with Crippen molar-refractivity contribution in [1.82, 2.24) is 25.0 Å². The maximum absolute atomic E-state index is 14.4. The molecule has 0 radical (unpaired) electrons. The standard InChI is InChI=1S/C29H34F3N5O11S/c1-14(39)33-23-19(40)11-29(27(43)44,48-25(23)24(42)20(41)13-38)47-21-9-6-16(10-18(21)26(31)32)37-12-22(34-36-37)28(2,3)35-49(45,46)17-7-4-15(30)5-8-17/h4-10,12,19-20,23-26,35,38,40-42H,11,13H2,1-3H3,(H,33,39)(H,43,44)/t19-,20+,23+,24+,25+,29+/m0/s1. The highest BCUT2D eigenvalue weighted by Crippen LogP contribution is 2.39. The van der Waals surface area contributed by atoms with Crippen molar-refractivity contribution < 1.29 is 66.2 Å². The van der Waals surface area contributed by atoms with Crippen LogP contribution >= 0.6 is 0 Å². The van der Waals surface area contributed by atoms with Gasteiger partial charge in [0.05, 0.1) is 53.1 Å². The molecule has 0 aliphatic carbocycles. The first-order chi connectivity index (χ1) is 22.8. The number of rotatable bonds is 13. The first kappa shape index (κ1) is 37.6. The first-order valence-corrected chi connectivity index (χ1v) is 16.0. The van der Waals surface area contributed by atoms with Gasteiger partial charge < -0.3 is 40.3 Å². The van der Waals surface area contributed by atoms with Gasteiger partial charge in [-0.15, -0.1) is 5.10 Å². The Bertz CT molecular complexity index is 1780. The van der Waals surface area contributed by atoms with Crippen molar-refractivity contribution in [3.05, 3.63) is 65.7 Å². The number of amides is 1. The Kier molecular flexibility index (Phi) is 11.0. The molecule has 20 heteroatoms. The van der Waals surface area contributed by atoms with Gasteiger partial charge in [0.2, 0.25) is 15.9 Å². The second-order valence-electron chi connectivity index (χ2n) is 11.7. The number of hydrogen-bond donors (Lipinski definition) is 7. The smallest absolute Gasteiger partial charge is 0.377 e. The third-order valence-electron chi connectivity index (χ3n) is 7.60. The van der Waals surface area contributed by atoms with Gasteiger partial charge in [-0.25, -0.2) is 31.1 Å². The molecule has 1 aliphatic heterocycles. The molecule has 0 spiro atoms. The number of sulfonamides is 1. The number of hydrogen-bond acceptors (Lipinski definition) is 12. The number of aliphatic hydroxyl groups excluding tert-OH is 4. The Morgan fingerprint density at radius 3 is 2.41 bits per heavy atom. The maximum Gasteiger partial charge on any atom is 0.377 e. The van der Waals surface area contributed by atoms with Crippen LogP contribution in [-0.2, 0) is 29.9 Å². The van der Waals surface area contributed by atoms with E-state index in [4.69, 9.17) is 9.47 Å². The SMILES string of the molecule is CC(=O)N[C@H]1[C@H]([C@H](O)[C@H](O)CO)O[C@@](Oc2ccc(-n3cc(C(C)(C)NS(=O)(=O)c4ccc(F)cc4)nn3)cc2C(F)F)(C(=O)O)C[C@@H]1O. The van der Waals surface area contributed by atoms with E-state index in [2.05, 4.69) is 20.4 Å². The molecule has 0 saturated carbocycles. The molecule has 4 rings (SSSR count). The van der Waals surface area contributed by atoms with Crippen LogP contribution in [0.4, 0.5) is 13.2 Å². The number of nitrogens with zero attached hydrogens (tertiary/aromatic N) is 3. The van der Waals surface area contributed by atoms with Crippen molar-refractivity contribution in [2.24, 2.45) is 0 Å². The summed E-state index contributed by atoms with van der Waals surface area (Å²) >= 11 is 0. The summed E-state index contributed by atoms with van der Waals surface area (Å²) in [4.78, 5) is 24.0. The molecule has 1 amide bonds. The summed E-state index contributed by atoms with van der Waals surface area (Å²) in [7, 11) is -4.17. The molecular formula is C29H34F3N5O11S. The lowest BCUT2D eigenvalue weighted by Crippen LogP contribution is -2.68. The number of halogens is 3. The molecule has 1 saturated heterocycles. The van der Waals surface area contributed by atoms with Crippen molar-refractivity contribution in [2.75, 3.05) is 6.61 Å². The van der Waals surface area contributed by atoms with Crippen LogP contribution in [0.3, 0.4) is 0 Å². The number of ether oxygens (including phenoxy) is 2. The van der Waals surface area contributed by atoms with Gasteiger partial charge >= 0.3 is 11.8 Å². The zero-order valence-corrected chi connectivity index (χ0v) is 26.9. The zero-order chi connectivity index (χ0) is 36.5. The second-order valence-corrected chi connectivity index (χ2v) is 13.4. The number of carbonyl (C=O) groups is 2. The third kappa shape index (κ3) is 8.18. The number of carboxylic acids is 1. The zero-order valence-electron chi connectivity index (χ0n) is 26.1. The fourth-order valence-corrected chi connectivity index (χ4v) is 6.48. The molecular weight excluding hydrogens is 683 g/mol. The maximum atomic E-state index is 14.4. The van der Waals surface area contributed by atoms with Gasteiger partial charge in [-0.3, -0.25) is 4.79 Å². The lowest BCUT2D eigenvalue weighted by Gasteiger charge is -2.46. The highest BCUT2D eigenvalue weighted by Gasteiger charge is 2.57.